The lowest BCUT2D eigenvalue weighted by atomic mass is 9.93. The number of benzene rings is 2. The molecule has 2 aromatic rings. The van der Waals surface area contributed by atoms with Crippen molar-refractivity contribution in [3.05, 3.63) is 77.0 Å². The van der Waals surface area contributed by atoms with E-state index in [9.17, 15) is 9.59 Å². The molecule has 1 unspecified atom stereocenters. The lowest BCUT2D eigenvalue weighted by Crippen LogP contribution is -2.49. The number of amides is 2. The van der Waals surface area contributed by atoms with Crippen molar-refractivity contribution in [3.63, 3.8) is 0 Å². The Bertz CT molecular complexity index is 1030. The largest absolute Gasteiger partial charge is 0.340 e. The number of carbonyl (C=O) groups is 2. The molecule has 0 saturated carbocycles. The van der Waals surface area contributed by atoms with Crippen molar-refractivity contribution in [1.29, 1.82) is 5.26 Å². The van der Waals surface area contributed by atoms with Gasteiger partial charge < -0.3 is 9.80 Å². The molecule has 2 aliphatic rings. The van der Waals surface area contributed by atoms with Gasteiger partial charge in [0.25, 0.3) is 0 Å². The Morgan fingerprint density at radius 3 is 2.42 bits per heavy atom. The molecule has 0 radical (unpaired) electrons. The molecule has 0 aromatic heterocycles. The maximum atomic E-state index is 13.1. The SMILES string of the molecule is CC(=O)N1C=Cc2ccccc2C1CC(=O)N1CCN(Cc2ccc(C#N)cc2)CC1. The summed E-state index contributed by atoms with van der Waals surface area (Å²) in [7, 11) is 0. The van der Waals surface area contributed by atoms with Gasteiger partial charge in [0, 0.05) is 45.8 Å². The third-order valence-electron chi connectivity index (χ3n) is 6.05. The van der Waals surface area contributed by atoms with Gasteiger partial charge in [-0.1, -0.05) is 36.4 Å². The number of fused-ring (bicyclic) bond motifs is 1. The topological polar surface area (TPSA) is 67.7 Å². The Kier molecular flexibility index (Phi) is 6.15. The summed E-state index contributed by atoms with van der Waals surface area (Å²) in [6, 6.07) is 17.5. The van der Waals surface area contributed by atoms with Gasteiger partial charge in [-0.15, -0.1) is 0 Å². The van der Waals surface area contributed by atoms with Crippen LogP contribution in [-0.2, 0) is 16.1 Å². The van der Waals surface area contributed by atoms with E-state index in [1.165, 1.54) is 12.5 Å². The number of hydrogen-bond donors (Lipinski definition) is 0. The van der Waals surface area contributed by atoms with Gasteiger partial charge in [-0.2, -0.15) is 5.26 Å². The monoisotopic (exact) mass is 414 g/mol. The number of nitriles is 1. The first-order valence-electron chi connectivity index (χ1n) is 10.6. The fourth-order valence-electron chi connectivity index (χ4n) is 4.31. The van der Waals surface area contributed by atoms with Crippen molar-refractivity contribution >= 4 is 17.9 Å². The molecule has 0 bridgehead atoms. The summed E-state index contributed by atoms with van der Waals surface area (Å²) in [5, 5.41) is 8.93. The number of carbonyl (C=O) groups excluding carboxylic acids is 2. The van der Waals surface area contributed by atoms with Crippen LogP contribution in [0, 0.1) is 11.3 Å². The Balaban J connectivity index is 1.36. The zero-order valence-electron chi connectivity index (χ0n) is 17.7. The number of rotatable bonds is 4. The highest BCUT2D eigenvalue weighted by molar-refractivity contribution is 5.82. The van der Waals surface area contributed by atoms with E-state index in [4.69, 9.17) is 5.26 Å². The van der Waals surface area contributed by atoms with Gasteiger partial charge in [0.05, 0.1) is 24.1 Å². The average molecular weight is 415 g/mol. The van der Waals surface area contributed by atoms with Gasteiger partial charge >= 0.3 is 0 Å². The molecule has 6 nitrogen and oxygen atoms in total. The van der Waals surface area contributed by atoms with Crippen LogP contribution in [0.1, 0.15) is 41.6 Å². The number of nitrogens with zero attached hydrogens (tertiary/aromatic N) is 4. The Hall–Kier alpha value is -3.43. The van der Waals surface area contributed by atoms with Crippen molar-refractivity contribution in [2.75, 3.05) is 26.2 Å². The molecule has 0 N–H and O–H groups in total. The van der Waals surface area contributed by atoms with E-state index >= 15 is 0 Å². The maximum absolute atomic E-state index is 13.1. The highest BCUT2D eigenvalue weighted by atomic mass is 16.2. The van der Waals surface area contributed by atoms with Crippen LogP contribution < -0.4 is 0 Å². The second kappa shape index (κ2) is 9.15. The van der Waals surface area contributed by atoms with E-state index in [1.54, 1.807) is 11.1 Å². The predicted molar refractivity (Wildman–Crippen MR) is 118 cm³/mol. The van der Waals surface area contributed by atoms with Crippen LogP contribution in [0.2, 0.25) is 0 Å². The first-order chi connectivity index (χ1) is 15.0. The third-order valence-corrected chi connectivity index (χ3v) is 6.05. The second-order valence-electron chi connectivity index (χ2n) is 8.06. The van der Waals surface area contributed by atoms with Gasteiger partial charge in [-0.05, 0) is 34.9 Å². The summed E-state index contributed by atoms with van der Waals surface area (Å²) in [6.45, 7) is 5.33. The van der Waals surface area contributed by atoms with Gasteiger partial charge in [0.15, 0.2) is 0 Å². The smallest absolute Gasteiger partial charge is 0.225 e. The first-order valence-corrected chi connectivity index (χ1v) is 10.6. The van der Waals surface area contributed by atoms with Gasteiger partial charge in [0.1, 0.15) is 0 Å². The summed E-state index contributed by atoms with van der Waals surface area (Å²) in [5.41, 5.74) is 3.91. The summed E-state index contributed by atoms with van der Waals surface area (Å²) in [6.07, 6.45) is 4.01. The fourth-order valence-corrected chi connectivity index (χ4v) is 4.31. The van der Waals surface area contributed by atoms with Crippen molar-refractivity contribution in [3.8, 4) is 6.07 Å². The summed E-state index contributed by atoms with van der Waals surface area (Å²) in [4.78, 5) is 31.2. The molecule has 31 heavy (non-hydrogen) atoms. The lowest BCUT2D eigenvalue weighted by Gasteiger charge is -2.37. The Labute approximate surface area is 183 Å². The molecule has 1 saturated heterocycles. The van der Waals surface area contributed by atoms with Crippen molar-refractivity contribution in [2.45, 2.75) is 25.9 Å². The molecule has 158 valence electrons. The fraction of sp³-hybridized carbons (Fsp3) is 0.320. The van der Waals surface area contributed by atoms with Crippen LogP contribution in [0.5, 0.6) is 0 Å². The standard InChI is InChI=1S/C25H26N4O2/c1-19(30)29-11-10-22-4-2-3-5-23(22)24(29)16-25(31)28-14-12-27(13-15-28)18-21-8-6-20(17-26)7-9-21/h2-11,24H,12-16,18H2,1H3. The van der Waals surface area contributed by atoms with E-state index < -0.39 is 0 Å². The Morgan fingerprint density at radius 2 is 1.74 bits per heavy atom. The van der Waals surface area contributed by atoms with E-state index in [-0.39, 0.29) is 24.3 Å². The highest BCUT2D eigenvalue weighted by Crippen LogP contribution is 2.33. The van der Waals surface area contributed by atoms with Gasteiger partial charge in [-0.3, -0.25) is 14.5 Å². The molecular formula is C25H26N4O2. The van der Waals surface area contributed by atoms with Crippen molar-refractivity contribution < 1.29 is 9.59 Å². The van der Waals surface area contributed by atoms with Crippen LogP contribution in [0.4, 0.5) is 0 Å². The van der Waals surface area contributed by atoms with Gasteiger partial charge in [-0.25, -0.2) is 0 Å². The molecule has 2 heterocycles. The predicted octanol–water partition coefficient (Wildman–Crippen LogP) is 3.17. The Morgan fingerprint density at radius 1 is 1.03 bits per heavy atom. The first kappa shape index (κ1) is 20.8. The number of piperazine rings is 1. The molecule has 4 rings (SSSR count). The molecule has 0 aliphatic carbocycles. The zero-order chi connectivity index (χ0) is 21.8. The van der Waals surface area contributed by atoms with E-state index in [0.29, 0.717) is 18.7 Å². The van der Waals surface area contributed by atoms with Crippen molar-refractivity contribution in [1.82, 2.24) is 14.7 Å². The molecule has 1 atom stereocenters. The van der Waals surface area contributed by atoms with Crippen molar-refractivity contribution in [2.24, 2.45) is 0 Å². The molecule has 2 aliphatic heterocycles. The molecule has 0 spiro atoms. The molecule has 6 heteroatoms. The highest BCUT2D eigenvalue weighted by Gasteiger charge is 2.30. The zero-order valence-corrected chi connectivity index (χ0v) is 17.7. The van der Waals surface area contributed by atoms with Crippen LogP contribution in [0.3, 0.4) is 0 Å². The third kappa shape index (κ3) is 4.68. The van der Waals surface area contributed by atoms with Crippen LogP contribution in [0.25, 0.3) is 6.08 Å². The summed E-state index contributed by atoms with van der Waals surface area (Å²) in [5.74, 6) is 0.0233. The maximum Gasteiger partial charge on any atom is 0.225 e. The summed E-state index contributed by atoms with van der Waals surface area (Å²) < 4.78 is 0. The quantitative estimate of drug-likeness (QED) is 0.771. The minimum Gasteiger partial charge on any atom is -0.340 e. The normalized spacial score (nSPS) is 18.4. The van der Waals surface area contributed by atoms with Crippen LogP contribution >= 0.6 is 0 Å². The minimum absolute atomic E-state index is 0.0595. The van der Waals surface area contributed by atoms with E-state index in [0.717, 1.165) is 30.8 Å². The number of hydrogen-bond acceptors (Lipinski definition) is 4. The minimum atomic E-state index is -0.261. The van der Waals surface area contributed by atoms with Crippen LogP contribution in [0.15, 0.2) is 54.7 Å². The van der Waals surface area contributed by atoms with E-state index in [2.05, 4.69) is 11.0 Å². The molecule has 2 amide bonds. The summed E-state index contributed by atoms with van der Waals surface area (Å²) >= 11 is 0. The van der Waals surface area contributed by atoms with Crippen LogP contribution in [-0.4, -0.2) is 52.7 Å². The van der Waals surface area contributed by atoms with Gasteiger partial charge in [0.2, 0.25) is 11.8 Å². The van der Waals surface area contributed by atoms with E-state index in [1.807, 2.05) is 59.5 Å². The molecule has 1 fully saturated rings. The lowest BCUT2D eigenvalue weighted by molar-refractivity contribution is -0.136. The molecule has 2 aromatic carbocycles. The molecular weight excluding hydrogens is 388 g/mol. The average Bonchev–Trinajstić information content (AvgIpc) is 2.80. The second-order valence-corrected chi connectivity index (χ2v) is 8.06.